The molecule has 0 radical (unpaired) electrons. The Morgan fingerprint density at radius 3 is 2.76 bits per heavy atom. The third-order valence-electron chi connectivity index (χ3n) is 6.79. The number of aromatic nitrogens is 5. The molecule has 1 saturated carbocycles. The van der Waals surface area contributed by atoms with Gasteiger partial charge < -0.3 is 15.2 Å². The molecule has 7 nitrogen and oxygen atoms in total. The lowest BCUT2D eigenvalue weighted by atomic mass is 10.1. The van der Waals surface area contributed by atoms with Crippen LogP contribution in [0.2, 0.25) is 0 Å². The number of imidazole rings is 1. The van der Waals surface area contributed by atoms with Gasteiger partial charge in [0.05, 0.1) is 11.7 Å². The zero-order valence-corrected chi connectivity index (χ0v) is 18.9. The fourth-order valence-electron chi connectivity index (χ4n) is 5.18. The molecule has 0 bridgehead atoms. The van der Waals surface area contributed by atoms with Crippen LogP contribution in [0.3, 0.4) is 0 Å². The van der Waals surface area contributed by atoms with Crippen molar-refractivity contribution < 1.29 is 8.78 Å². The average Bonchev–Trinajstić information content (AvgIpc) is 3.47. The van der Waals surface area contributed by atoms with Crippen molar-refractivity contribution in [3.63, 3.8) is 0 Å². The number of nitrogens with zero attached hydrogens (tertiary/aromatic N) is 5. The Labute approximate surface area is 195 Å². The molecule has 2 aliphatic rings. The molecular weight excluding hydrogens is 436 g/mol. The summed E-state index contributed by atoms with van der Waals surface area (Å²) in [6.45, 7) is 3.57. The Bertz CT molecular complexity index is 1390. The van der Waals surface area contributed by atoms with Crippen molar-refractivity contribution in [3.8, 4) is 11.3 Å². The van der Waals surface area contributed by atoms with Gasteiger partial charge in [-0.1, -0.05) is 18.9 Å². The third-order valence-corrected chi connectivity index (χ3v) is 6.79. The highest BCUT2D eigenvalue weighted by atomic mass is 19.1. The Balaban J connectivity index is 1.38. The van der Waals surface area contributed by atoms with E-state index in [1.807, 2.05) is 19.1 Å². The minimum absolute atomic E-state index is 0.0392. The van der Waals surface area contributed by atoms with Gasteiger partial charge in [0.15, 0.2) is 11.6 Å². The van der Waals surface area contributed by atoms with Crippen molar-refractivity contribution in [2.24, 2.45) is 0 Å². The van der Waals surface area contributed by atoms with Crippen LogP contribution in [0.25, 0.3) is 22.3 Å². The van der Waals surface area contributed by atoms with E-state index in [9.17, 15) is 4.39 Å². The minimum Gasteiger partial charge on any atom is -0.325 e. The van der Waals surface area contributed by atoms with Crippen molar-refractivity contribution in [3.05, 3.63) is 59.2 Å². The van der Waals surface area contributed by atoms with Gasteiger partial charge in [-0.15, -0.1) is 0 Å². The Kier molecular flexibility index (Phi) is 5.21. The molecule has 1 aromatic carbocycles. The second-order valence-corrected chi connectivity index (χ2v) is 9.04. The van der Waals surface area contributed by atoms with E-state index in [0.29, 0.717) is 22.4 Å². The maximum absolute atomic E-state index is 15.1. The summed E-state index contributed by atoms with van der Waals surface area (Å²) in [5.41, 5.74) is 3.57. The quantitative estimate of drug-likeness (QED) is 0.446. The summed E-state index contributed by atoms with van der Waals surface area (Å²) in [5, 5.41) is 6.39. The number of hydrogen-bond donors (Lipinski definition) is 2. The highest BCUT2D eigenvalue weighted by Crippen LogP contribution is 2.36. The van der Waals surface area contributed by atoms with Crippen LogP contribution < -0.4 is 10.6 Å². The van der Waals surface area contributed by atoms with Crippen LogP contribution in [0.5, 0.6) is 0 Å². The van der Waals surface area contributed by atoms with Crippen LogP contribution in [0.1, 0.15) is 48.8 Å². The predicted octanol–water partition coefficient (Wildman–Crippen LogP) is 4.98. The molecule has 0 spiro atoms. The van der Waals surface area contributed by atoms with E-state index in [1.54, 1.807) is 6.07 Å². The van der Waals surface area contributed by atoms with Crippen molar-refractivity contribution >= 4 is 22.8 Å². The van der Waals surface area contributed by atoms with Gasteiger partial charge in [0.1, 0.15) is 22.9 Å². The zero-order valence-electron chi connectivity index (χ0n) is 18.9. The Hall–Kier alpha value is -3.46. The van der Waals surface area contributed by atoms with Crippen LogP contribution in [-0.2, 0) is 13.0 Å². The second kappa shape index (κ2) is 8.39. The standard InChI is InChI=1S/C25H25F2N7/c1-14-30-24-18(26)10-16(11-21(24)34(14)17-4-2-3-5-17)23-19(27)13-29-25(33-23)32-22-7-6-15-12-28-9-8-20(15)31-22/h6-7,10-11,13,17,28H,2-5,8-9,12H2,1H3,(H,29,31,32,33). The maximum Gasteiger partial charge on any atom is 0.229 e. The molecule has 0 saturated heterocycles. The van der Waals surface area contributed by atoms with Crippen LogP contribution in [0.15, 0.2) is 30.5 Å². The van der Waals surface area contributed by atoms with E-state index >= 15 is 4.39 Å². The van der Waals surface area contributed by atoms with Crippen LogP contribution >= 0.6 is 0 Å². The summed E-state index contributed by atoms with van der Waals surface area (Å²) in [5.74, 6) is 0.480. The van der Waals surface area contributed by atoms with E-state index in [-0.39, 0.29) is 17.7 Å². The smallest absolute Gasteiger partial charge is 0.229 e. The number of fused-ring (bicyclic) bond motifs is 2. The van der Waals surface area contributed by atoms with Gasteiger partial charge in [-0.05, 0) is 43.5 Å². The van der Waals surface area contributed by atoms with Gasteiger partial charge in [-0.3, -0.25) is 0 Å². The topological polar surface area (TPSA) is 80.6 Å². The molecule has 0 atom stereocenters. The zero-order chi connectivity index (χ0) is 23.2. The minimum atomic E-state index is -0.613. The number of pyridine rings is 1. The lowest BCUT2D eigenvalue weighted by Crippen LogP contribution is -2.24. The fraction of sp³-hybridized carbons (Fsp3) is 0.360. The second-order valence-electron chi connectivity index (χ2n) is 9.04. The first-order valence-corrected chi connectivity index (χ1v) is 11.7. The summed E-state index contributed by atoms with van der Waals surface area (Å²) in [6, 6.07) is 7.24. The molecule has 0 unspecified atom stereocenters. The largest absolute Gasteiger partial charge is 0.325 e. The summed E-state index contributed by atoms with van der Waals surface area (Å²) >= 11 is 0. The summed E-state index contributed by atoms with van der Waals surface area (Å²) in [6.07, 6.45) is 6.32. The normalized spacial score (nSPS) is 16.2. The van der Waals surface area contributed by atoms with Gasteiger partial charge >= 0.3 is 0 Å². The van der Waals surface area contributed by atoms with E-state index in [0.717, 1.165) is 68.5 Å². The first kappa shape index (κ1) is 21.1. The molecule has 6 rings (SSSR count). The highest BCUT2D eigenvalue weighted by Gasteiger charge is 2.24. The Morgan fingerprint density at radius 1 is 1.06 bits per heavy atom. The van der Waals surface area contributed by atoms with Crippen molar-refractivity contribution in [1.82, 2.24) is 29.8 Å². The molecule has 34 heavy (non-hydrogen) atoms. The molecule has 2 N–H and O–H groups in total. The van der Waals surface area contributed by atoms with E-state index < -0.39 is 11.6 Å². The molecule has 1 aliphatic carbocycles. The van der Waals surface area contributed by atoms with E-state index in [2.05, 4.69) is 35.1 Å². The number of halogens is 2. The summed E-state index contributed by atoms with van der Waals surface area (Å²) in [4.78, 5) is 17.6. The predicted molar refractivity (Wildman–Crippen MR) is 126 cm³/mol. The molecule has 9 heteroatoms. The van der Waals surface area contributed by atoms with E-state index in [4.69, 9.17) is 0 Å². The lowest BCUT2D eigenvalue weighted by Gasteiger charge is -2.17. The molecule has 174 valence electrons. The number of rotatable bonds is 4. The first-order chi connectivity index (χ1) is 16.6. The van der Waals surface area contributed by atoms with Crippen molar-refractivity contribution in [2.45, 2.75) is 51.6 Å². The Morgan fingerprint density at radius 2 is 1.91 bits per heavy atom. The molecule has 3 aromatic heterocycles. The highest BCUT2D eigenvalue weighted by molar-refractivity contribution is 5.83. The van der Waals surface area contributed by atoms with Crippen molar-refractivity contribution in [2.75, 3.05) is 11.9 Å². The van der Waals surface area contributed by atoms with Crippen LogP contribution in [0.4, 0.5) is 20.5 Å². The van der Waals surface area contributed by atoms with Gasteiger partial charge in [0.2, 0.25) is 5.95 Å². The molecule has 4 aromatic rings. The van der Waals surface area contributed by atoms with Crippen LogP contribution in [-0.4, -0.2) is 31.0 Å². The molecule has 1 aliphatic heterocycles. The number of nitrogens with one attached hydrogen (secondary N) is 2. The van der Waals surface area contributed by atoms with Gasteiger partial charge in [-0.25, -0.2) is 28.7 Å². The van der Waals surface area contributed by atoms with Crippen molar-refractivity contribution in [1.29, 1.82) is 0 Å². The van der Waals surface area contributed by atoms with E-state index in [1.165, 1.54) is 6.07 Å². The number of anilines is 2. The third kappa shape index (κ3) is 3.69. The number of benzene rings is 1. The SMILES string of the molecule is Cc1nc2c(F)cc(-c3nc(Nc4ccc5c(n4)CCNC5)ncc3F)cc2n1C1CCCC1. The fourth-order valence-corrected chi connectivity index (χ4v) is 5.18. The average molecular weight is 462 g/mol. The lowest BCUT2D eigenvalue weighted by molar-refractivity contribution is 0.520. The molecule has 1 fully saturated rings. The van der Waals surface area contributed by atoms with Gasteiger partial charge in [0.25, 0.3) is 0 Å². The number of hydrogen-bond acceptors (Lipinski definition) is 6. The van der Waals surface area contributed by atoms with Gasteiger partial charge in [-0.2, -0.15) is 0 Å². The molecular formula is C25H25F2N7. The summed E-state index contributed by atoms with van der Waals surface area (Å²) < 4.78 is 32.0. The monoisotopic (exact) mass is 461 g/mol. The molecule has 4 heterocycles. The number of aryl methyl sites for hydroxylation is 1. The summed E-state index contributed by atoms with van der Waals surface area (Å²) in [7, 11) is 0. The maximum atomic E-state index is 15.1. The molecule has 0 amide bonds. The van der Waals surface area contributed by atoms with Gasteiger partial charge in [0, 0.05) is 36.8 Å². The van der Waals surface area contributed by atoms with Crippen LogP contribution in [0, 0.1) is 18.6 Å². The first-order valence-electron chi connectivity index (χ1n) is 11.7.